The molecule has 0 bridgehead atoms. The Morgan fingerprint density at radius 3 is 3.10 bits per heavy atom. The number of benzene rings is 1. The molecule has 108 valence electrons. The first kappa shape index (κ1) is 13.4. The molecule has 0 aliphatic carbocycles. The molecule has 1 aromatic heterocycles. The highest BCUT2D eigenvalue weighted by atomic mass is 16.5. The van der Waals surface area contributed by atoms with Crippen molar-refractivity contribution in [1.82, 2.24) is 14.9 Å². The third kappa shape index (κ3) is 2.39. The fraction of sp³-hybridized carbons (Fsp3) is 0.533. The highest BCUT2D eigenvalue weighted by Gasteiger charge is 2.22. The lowest BCUT2D eigenvalue weighted by Gasteiger charge is -2.24. The van der Waals surface area contributed by atoms with Crippen LogP contribution in [0.1, 0.15) is 25.2 Å². The summed E-state index contributed by atoms with van der Waals surface area (Å²) >= 11 is 0. The third-order valence-corrected chi connectivity index (χ3v) is 3.67. The molecule has 0 spiro atoms. The van der Waals surface area contributed by atoms with E-state index in [4.69, 9.17) is 14.5 Å². The predicted molar refractivity (Wildman–Crippen MR) is 78.1 cm³/mol. The molecule has 1 unspecified atom stereocenters. The molecule has 1 atom stereocenters. The molecule has 1 aliphatic rings. The van der Waals surface area contributed by atoms with E-state index >= 15 is 0 Å². The van der Waals surface area contributed by atoms with Crippen molar-refractivity contribution in [1.29, 1.82) is 0 Å². The molecule has 2 aromatic rings. The smallest absolute Gasteiger partial charge is 0.129 e. The number of aryl methyl sites for hydroxylation is 1. The summed E-state index contributed by atoms with van der Waals surface area (Å²) < 4.78 is 13.2. The first-order chi connectivity index (χ1) is 9.83. The Labute approximate surface area is 118 Å². The van der Waals surface area contributed by atoms with Crippen LogP contribution in [0.25, 0.3) is 11.0 Å². The maximum absolute atomic E-state index is 5.57. The number of fused-ring (bicyclic) bond motifs is 1. The van der Waals surface area contributed by atoms with Gasteiger partial charge in [-0.25, -0.2) is 4.98 Å². The molecule has 0 amide bonds. The first-order valence-corrected chi connectivity index (χ1v) is 7.18. The second-order valence-electron chi connectivity index (χ2n) is 5.06. The number of hydrogen-bond acceptors (Lipinski definition) is 4. The average molecular weight is 275 g/mol. The number of rotatable bonds is 4. The van der Waals surface area contributed by atoms with Crippen LogP contribution in [0.3, 0.4) is 0 Å². The normalized spacial score (nSPS) is 19.4. The van der Waals surface area contributed by atoms with E-state index in [0.29, 0.717) is 6.61 Å². The fourth-order valence-corrected chi connectivity index (χ4v) is 2.71. The maximum atomic E-state index is 5.57. The van der Waals surface area contributed by atoms with Gasteiger partial charge in [-0.15, -0.1) is 0 Å². The van der Waals surface area contributed by atoms with Crippen LogP contribution in [0.5, 0.6) is 5.75 Å². The van der Waals surface area contributed by atoms with E-state index in [1.54, 1.807) is 7.11 Å². The minimum atomic E-state index is 0.175. The van der Waals surface area contributed by atoms with Crippen LogP contribution in [0.2, 0.25) is 0 Å². The van der Waals surface area contributed by atoms with Gasteiger partial charge in [0.1, 0.15) is 11.6 Å². The fourth-order valence-electron chi connectivity index (χ4n) is 2.71. The minimum Gasteiger partial charge on any atom is -0.497 e. The average Bonchev–Trinajstić information content (AvgIpc) is 2.86. The topological polar surface area (TPSA) is 48.3 Å². The quantitative estimate of drug-likeness (QED) is 0.928. The lowest BCUT2D eigenvalue weighted by atomic mass is 10.2. The van der Waals surface area contributed by atoms with Crippen LogP contribution in [0.4, 0.5) is 0 Å². The summed E-state index contributed by atoms with van der Waals surface area (Å²) in [5.41, 5.74) is 2.15. The maximum Gasteiger partial charge on any atom is 0.129 e. The summed E-state index contributed by atoms with van der Waals surface area (Å²) in [5.74, 6) is 1.91. The van der Waals surface area contributed by atoms with Crippen LogP contribution in [0.15, 0.2) is 18.2 Å². The lowest BCUT2D eigenvalue weighted by molar-refractivity contribution is 0.0732. The Bertz CT molecular complexity index is 588. The van der Waals surface area contributed by atoms with Gasteiger partial charge in [-0.1, -0.05) is 6.92 Å². The molecule has 5 heteroatoms. The number of methoxy groups -OCH3 is 1. The molecule has 0 radical (unpaired) electrons. The van der Waals surface area contributed by atoms with Gasteiger partial charge in [0.05, 0.1) is 37.4 Å². The number of imidazole rings is 1. The van der Waals surface area contributed by atoms with Gasteiger partial charge in [0.2, 0.25) is 0 Å². The third-order valence-electron chi connectivity index (χ3n) is 3.67. The molecule has 5 nitrogen and oxygen atoms in total. The Kier molecular flexibility index (Phi) is 3.89. The molecular formula is C15H21N3O2. The van der Waals surface area contributed by atoms with Gasteiger partial charge in [0, 0.05) is 19.2 Å². The number of nitrogens with one attached hydrogen (secondary N) is 1. The van der Waals surface area contributed by atoms with Gasteiger partial charge in [-0.05, 0) is 18.6 Å². The van der Waals surface area contributed by atoms with Crippen molar-refractivity contribution in [2.45, 2.75) is 25.9 Å². The van der Waals surface area contributed by atoms with Crippen molar-refractivity contribution in [3.63, 3.8) is 0 Å². The highest BCUT2D eigenvalue weighted by Crippen LogP contribution is 2.25. The van der Waals surface area contributed by atoms with Gasteiger partial charge in [-0.3, -0.25) is 0 Å². The molecule has 1 aromatic carbocycles. The second kappa shape index (κ2) is 5.81. The molecule has 0 saturated carbocycles. The van der Waals surface area contributed by atoms with Crippen molar-refractivity contribution in [3.8, 4) is 5.75 Å². The van der Waals surface area contributed by atoms with E-state index < -0.39 is 0 Å². The van der Waals surface area contributed by atoms with E-state index in [1.165, 1.54) is 0 Å². The van der Waals surface area contributed by atoms with E-state index in [1.807, 2.05) is 12.1 Å². The van der Waals surface area contributed by atoms with E-state index in [0.717, 1.165) is 48.7 Å². The second-order valence-corrected chi connectivity index (χ2v) is 5.06. The van der Waals surface area contributed by atoms with Gasteiger partial charge in [0.25, 0.3) is 0 Å². The standard InChI is InChI=1S/C15H21N3O2/c1-3-7-18-14-5-4-11(19-2)9-12(14)17-15(18)13-10-20-8-6-16-13/h4-5,9,13,16H,3,6-8,10H2,1-2H3. The molecule has 20 heavy (non-hydrogen) atoms. The molecule has 1 N–H and O–H groups in total. The zero-order chi connectivity index (χ0) is 13.9. The van der Waals surface area contributed by atoms with Crippen molar-refractivity contribution in [2.24, 2.45) is 0 Å². The predicted octanol–water partition coefficient (Wildman–Crippen LogP) is 2.12. The molecule has 1 saturated heterocycles. The number of aromatic nitrogens is 2. The number of morpholine rings is 1. The van der Waals surface area contributed by atoms with E-state index in [9.17, 15) is 0 Å². The lowest BCUT2D eigenvalue weighted by Crippen LogP contribution is -2.36. The number of hydrogen-bond donors (Lipinski definition) is 1. The Morgan fingerprint density at radius 2 is 2.40 bits per heavy atom. The summed E-state index contributed by atoms with van der Waals surface area (Å²) in [5, 5.41) is 3.48. The largest absolute Gasteiger partial charge is 0.497 e. The van der Waals surface area contributed by atoms with Gasteiger partial charge in [-0.2, -0.15) is 0 Å². The van der Waals surface area contributed by atoms with Gasteiger partial charge in [0.15, 0.2) is 0 Å². The zero-order valence-electron chi connectivity index (χ0n) is 12.1. The number of nitrogens with zero attached hydrogens (tertiary/aromatic N) is 2. The molecular weight excluding hydrogens is 254 g/mol. The van der Waals surface area contributed by atoms with Crippen molar-refractivity contribution in [3.05, 3.63) is 24.0 Å². The van der Waals surface area contributed by atoms with Crippen LogP contribution in [0, 0.1) is 0 Å². The molecule has 2 heterocycles. The van der Waals surface area contributed by atoms with Crippen LogP contribution in [-0.2, 0) is 11.3 Å². The summed E-state index contributed by atoms with van der Waals surface area (Å²) in [6, 6.07) is 6.25. The molecule has 1 fully saturated rings. The molecule has 1 aliphatic heterocycles. The van der Waals surface area contributed by atoms with Gasteiger partial charge >= 0.3 is 0 Å². The Morgan fingerprint density at radius 1 is 1.50 bits per heavy atom. The summed E-state index contributed by atoms with van der Waals surface area (Å²) in [6.07, 6.45) is 1.08. The number of ether oxygens (including phenoxy) is 2. The van der Waals surface area contributed by atoms with Crippen molar-refractivity contribution in [2.75, 3.05) is 26.9 Å². The van der Waals surface area contributed by atoms with Crippen LogP contribution >= 0.6 is 0 Å². The van der Waals surface area contributed by atoms with Crippen molar-refractivity contribution >= 4 is 11.0 Å². The van der Waals surface area contributed by atoms with Crippen LogP contribution in [-0.4, -0.2) is 36.4 Å². The summed E-state index contributed by atoms with van der Waals surface area (Å²) in [7, 11) is 1.68. The van der Waals surface area contributed by atoms with E-state index in [-0.39, 0.29) is 6.04 Å². The van der Waals surface area contributed by atoms with Crippen molar-refractivity contribution < 1.29 is 9.47 Å². The Balaban J connectivity index is 2.06. The van der Waals surface area contributed by atoms with Gasteiger partial charge < -0.3 is 19.4 Å². The van der Waals surface area contributed by atoms with Crippen LogP contribution < -0.4 is 10.1 Å². The SMILES string of the molecule is CCCn1c(C2COCCN2)nc2cc(OC)ccc21. The molecule has 3 rings (SSSR count). The van der Waals surface area contributed by atoms with E-state index in [2.05, 4.69) is 22.9 Å². The summed E-state index contributed by atoms with van der Waals surface area (Å²) in [6.45, 7) is 5.49. The Hall–Kier alpha value is -1.59. The summed E-state index contributed by atoms with van der Waals surface area (Å²) in [4.78, 5) is 4.80. The minimum absolute atomic E-state index is 0.175. The first-order valence-electron chi connectivity index (χ1n) is 7.18. The zero-order valence-corrected chi connectivity index (χ0v) is 12.1. The highest BCUT2D eigenvalue weighted by molar-refractivity contribution is 5.78. The monoisotopic (exact) mass is 275 g/mol.